The summed E-state index contributed by atoms with van der Waals surface area (Å²) in [4.78, 5) is 38.4. The Morgan fingerprint density at radius 3 is 0.783 bits per heavy atom. The van der Waals surface area contributed by atoms with Crippen LogP contribution >= 0.6 is 0 Å². The Balaban J connectivity index is 4.44. The van der Waals surface area contributed by atoms with Gasteiger partial charge in [0.2, 0.25) is 0 Å². The van der Waals surface area contributed by atoms with Crippen molar-refractivity contribution < 1.29 is 28.6 Å². The van der Waals surface area contributed by atoms with Gasteiger partial charge in [-0.2, -0.15) is 0 Å². The number of rotatable bonds is 62. The van der Waals surface area contributed by atoms with Crippen molar-refractivity contribution in [2.75, 3.05) is 13.2 Å². The lowest BCUT2D eigenvalue weighted by atomic mass is 10.0. The lowest BCUT2D eigenvalue weighted by molar-refractivity contribution is -0.167. The molecule has 0 aliphatic carbocycles. The molecule has 0 bridgehead atoms. The van der Waals surface area contributed by atoms with E-state index in [4.69, 9.17) is 14.2 Å². The first-order valence-electron chi connectivity index (χ1n) is 34.7. The molecule has 0 saturated heterocycles. The molecule has 0 rings (SSSR count). The van der Waals surface area contributed by atoms with Crippen molar-refractivity contribution >= 4 is 17.9 Å². The van der Waals surface area contributed by atoms with E-state index in [0.29, 0.717) is 19.3 Å². The Morgan fingerprint density at radius 1 is 0.253 bits per heavy atom. The molecule has 0 fully saturated rings. The molecule has 0 amide bonds. The van der Waals surface area contributed by atoms with Crippen LogP contribution in [0.2, 0.25) is 0 Å². The molecular formula is C77H128O6. The van der Waals surface area contributed by atoms with Crippen molar-refractivity contribution in [2.45, 2.75) is 322 Å². The van der Waals surface area contributed by atoms with Crippen LogP contribution in [0.25, 0.3) is 0 Å². The highest BCUT2D eigenvalue weighted by Crippen LogP contribution is 2.16. The molecular weight excluding hydrogens is 1020 g/mol. The number of esters is 3. The summed E-state index contributed by atoms with van der Waals surface area (Å²) in [6, 6.07) is 0. The van der Waals surface area contributed by atoms with E-state index in [-0.39, 0.29) is 37.5 Å². The molecule has 1 atom stereocenters. The van der Waals surface area contributed by atoms with Gasteiger partial charge in [0, 0.05) is 19.3 Å². The number of carbonyl (C=O) groups is 3. The Labute approximate surface area is 513 Å². The summed E-state index contributed by atoms with van der Waals surface area (Å²) in [5, 5.41) is 0. The molecule has 6 nitrogen and oxygen atoms in total. The van der Waals surface area contributed by atoms with Crippen LogP contribution in [0.3, 0.4) is 0 Å². The van der Waals surface area contributed by atoms with Gasteiger partial charge in [0.1, 0.15) is 13.2 Å². The summed E-state index contributed by atoms with van der Waals surface area (Å²) in [6.07, 6.45) is 99.0. The van der Waals surface area contributed by atoms with Gasteiger partial charge in [0.05, 0.1) is 0 Å². The lowest BCUT2D eigenvalue weighted by Crippen LogP contribution is -2.30. The molecule has 0 aliphatic heterocycles. The fraction of sp³-hybridized carbons (Fsp3) is 0.675. The van der Waals surface area contributed by atoms with Crippen molar-refractivity contribution in [3.05, 3.63) is 134 Å². The van der Waals surface area contributed by atoms with Gasteiger partial charge in [-0.3, -0.25) is 14.4 Å². The fourth-order valence-electron chi connectivity index (χ4n) is 9.43. The zero-order valence-electron chi connectivity index (χ0n) is 54.2. The molecule has 0 heterocycles. The zero-order valence-corrected chi connectivity index (χ0v) is 54.2. The van der Waals surface area contributed by atoms with E-state index < -0.39 is 6.10 Å². The number of hydrogen-bond acceptors (Lipinski definition) is 6. The molecule has 0 N–H and O–H groups in total. The normalized spacial score (nSPS) is 13.0. The predicted octanol–water partition coefficient (Wildman–Crippen LogP) is 24.1. The second-order valence-corrected chi connectivity index (χ2v) is 22.7. The second kappa shape index (κ2) is 70.0. The standard InChI is InChI=1S/C77H128O6/c1-4-7-10-13-16-19-22-25-28-31-33-35-36-37-38-39-40-42-43-46-49-52-55-58-61-64-67-70-76(79)82-73-74(72-81-75(78)69-66-63-60-57-54-51-48-45-30-27-24-21-18-15-12-9-6-3)83-77(80)71-68-65-62-59-56-53-50-47-44-41-34-32-29-26-23-20-17-14-11-8-5-2/h9,12,18,21-23,25-27,30-34,36-37,44,47-48,51,57,60,74H,4-8,10-11,13-17,19-20,24,28-29,35,38-43,45-46,49-50,52-56,58-59,61-73H2,1-3H3/b12-9-,21-18-,25-22-,26-23-,30-27-,33-31-,34-32-,37-36-,47-44-,51-48-,60-57-. The van der Waals surface area contributed by atoms with Crippen molar-refractivity contribution in [1.29, 1.82) is 0 Å². The first-order valence-corrected chi connectivity index (χ1v) is 34.7. The van der Waals surface area contributed by atoms with Crippen LogP contribution in [0.15, 0.2) is 134 Å². The summed E-state index contributed by atoms with van der Waals surface area (Å²) >= 11 is 0. The van der Waals surface area contributed by atoms with E-state index in [1.54, 1.807) is 0 Å². The van der Waals surface area contributed by atoms with Gasteiger partial charge < -0.3 is 14.2 Å². The SMILES string of the molecule is CC/C=C\C/C=C\C/C=C\C/C=C\C/C=C\CCCC(=O)OCC(COC(=O)CCCCCCCCCCCCCC/C=C\C/C=C\C/C=C\CCCCCCC)OC(=O)CCCCCCCC/C=C\C/C=C\C/C=C\CCCCCCC. The van der Waals surface area contributed by atoms with Crippen LogP contribution in [-0.2, 0) is 28.6 Å². The van der Waals surface area contributed by atoms with Gasteiger partial charge in [-0.25, -0.2) is 0 Å². The smallest absolute Gasteiger partial charge is 0.306 e. The van der Waals surface area contributed by atoms with Gasteiger partial charge in [-0.05, 0) is 135 Å². The fourth-order valence-corrected chi connectivity index (χ4v) is 9.43. The highest BCUT2D eigenvalue weighted by molar-refractivity contribution is 5.71. The monoisotopic (exact) mass is 1150 g/mol. The molecule has 0 aromatic carbocycles. The van der Waals surface area contributed by atoms with Crippen LogP contribution in [-0.4, -0.2) is 37.2 Å². The number of hydrogen-bond donors (Lipinski definition) is 0. The molecule has 0 radical (unpaired) electrons. The topological polar surface area (TPSA) is 78.9 Å². The van der Waals surface area contributed by atoms with E-state index in [9.17, 15) is 14.4 Å². The quantitative estimate of drug-likeness (QED) is 0.0261. The molecule has 83 heavy (non-hydrogen) atoms. The van der Waals surface area contributed by atoms with Crippen LogP contribution in [0.5, 0.6) is 0 Å². The molecule has 0 aliphatic rings. The van der Waals surface area contributed by atoms with E-state index in [1.165, 1.54) is 154 Å². The highest BCUT2D eigenvalue weighted by Gasteiger charge is 2.19. The van der Waals surface area contributed by atoms with Crippen LogP contribution in [0.4, 0.5) is 0 Å². The molecule has 0 saturated carbocycles. The van der Waals surface area contributed by atoms with E-state index >= 15 is 0 Å². The zero-order chi connectivity index (χ0) is 59.9. The minimum Gasteiger partial charge on any atom is -0.462 e. The number of ether oxygens (including phenoxy) is 3. The van der Waals surface area contributed by atoms with Crippen LogP contribution < -0.4 is 0 Å². The largest absolute Gasteiger partial charge is 0.462 e. The summed E-state index contributed by atoms with van der Waals surface area (Å²) in [7, 11) is 0. The first-order chi connectivity index (χ1) is 41.0. The maximum absolute atomic E-state index is 12.9. The summed E-state index contributed by atoms with van der Waals surface area (Å²) < 4.78 is 16.9. The van der Waals surface area contributed by atoms with Gasteiger partial charge in [0.15, 0.2) is 6.10 Å². The second-order valence-electron chi connectivity index (χ2n) is 22.7. The number of allylic oxidation sites excluding steroid dienone is 22. The average Bonchev–Trinajstić information content (AvgIpc) is 3.50. The maximum Gasteiger partial charge on any atom is 0.306 e. The molecule has 472 valence electrons. The van der Waals surface area contributed by atoms with E-state index in [0.717, 1.165) is 116 Å². The average molecular weight is 1150 g/mol. The number of unbranched alkanes of at least 4 members (excludes halogenated alkanes) is 29. The van der Waals surface area contributed by atoms with Gasteiger partial charge >= 0.3 is 17.9 Å². The number of carbonyl (C=O) groups excluding carboxylic acids is 3. The van der Waals surface area contributed by atoms with Gasteiger partial charge in [0.25, 0.3) is 0 Å². The van der Waals surface area contributed by atoms with Crippen LogP contribution in [0, 0.1) is 0 Å². The highest BCUT2D eigenvalue weighted by atomic mass is 16.6. The summed E-state index contributed by atoms with van der Waals surface area (Å²) in [5.41, 5.74) is 0. The molecule has 0 aromatic rings. The minimum atomic E-state index is -0.816. The van der Waals surface area contributed by atoms with Gasteiger partial charge in [-0.1, -0.05) is 296 Å². The van der Waals surface area contributed by atoms with Crippen molar-refractivity contribution in [1.82, 2.24) is 0 Å². The summed E-state index contributed by atoms with van der Waals surface area (Å²) in [6.45, 7) is 6.46. The molecule has 0 spiro atoms. The van der Waals surface area contributed by atoms with Crippen molar-refractivity contribution in [3.8, 4) is 0 Å². The summed E-state index contributed by atoms with van der Waals surface area (Å²) in [5.74, 6) is -0.974. The third-order valence-corrected chi connectivity index (χ3v) is 14.6. The van der Waals surface area contributed by atoms with Gasteiger partial charge in [-0.15, -0.1) is 0 Å². The Kier molecular flexibility index (Phi) is 66.3. The molecule has 1 unspecified atom stereocenters. The van der Waals surface area contributed by atoms with E-state index in [2.05, 4.69) is 154 Å². The Bertz CT molecular complexity index is 1750. The first kappa shape index (κ1) is 78.5. The predicted molar refractivity (Wildman–Crippen MR) is 362 cm³/mol. The Hall–Kier alpha value is -4.45. The van der Waals surface area contributed by atoms with Crippen LogP contribution in [0.1, 0.15) is 316 Å². The third-order valence-electron chi connectivity index (χ3n) is 14.6. The Morgan fingerprint density at radius 2 is 0.482 bits per heavy atom. The lowest BCUT2D eigenvalue weighted by Gasteiger charge is -2.18. The molecule has 6 heteroatoms. The maximum atomic E-state index is 12.9. The minimum absolute atomic E-state index is 0.105. The molecule has 0 aromatic heterocycles. The van der Waals surface area contributed by atoms with E-state index in [1.807, 2.05) is 0 Å². The van der Waals surface area contributed by atoms with Crippen molar-refractivity contribution in [2.24, 2.45) is 0 Å². The third kappa shape index (κ3) is 68.2. The van der Waals surface area contributed by atoms with Crippen molar-refractivity contribution in [3.63, 3.8) is 0 Å².